The molecule has 0 saturated heterocycles. The average molecular weight is 260 g/mol. The molecule has 98 valence electrons. The maximum absolute atomic E-state index is 11.5. The highest BCUT2D eigenvalue weighted by molar-refractivity contribution is 7.98. The zero-order valence-electron chi connectivity index (χ0n) is 10.2. The second-order valence-corrected chi connectivity index (χ2v) is 4.70. The minimum Gasteiger partial charge on any atom is -0.480 e. The third kappa shape index (κ3) is 7.68. The summed E-state index contributed by atoms with van der Waals surface area (Å²) >= 11 is 1.55. The van der Waals surface area contributed by atoms with Crippen LogP contribution < -0.4 is 10.6 Å². The number of carboxylic acid groups (broad SMARTS) is 1. The zero-order chi connectivity index (χ0) is 13.3. The topological polar surface area (TPSA) is 78.4 Å². The summed E-state index contributed by atoms with van der Waals surface area (Å²) in [5, 5.41) is 14.0. The molecule has 1 unspecified atom stereocenters. The lowest BCUT2D eigenvalue weighted by Crippen LogP contribution is -2.48. The number of urea groups is 1. The zero-order valence-corrected chi connectivity index (χ0v) is 11.0. The van der Waals surface area contributed by atoms with Crippen molar-refractivity contribution in [3.05, 3.63) is 12.7 Å². The van der Waals surface area contributed by atoms with E-state index in [1.54, 1.807) is 17.8 Å². The first-order chi connectivity index (χ1) is 8.01. The molecule has 0 heterocycles. The quantitative estimate of drug-likeness (QED) is 0.577. The third-order valence-electron chi connectivity index (χ3n) is 2.11. The van der Waals surface area contributed by atoms with Gasteiger partial charge >= 0.3 is 12.0 Å². The number of hydrogen-bond acceptors (Lipinski definition) is 3. The van der Waals surface area contributed by atoms with E-state index in [1.165, 1.54) is 0 Å². The van der Waals surface area contributed by atoms with Gasteiger partial charge < -0.3 is 15.7 Å². The second kappa shape index (κ2) is 8.92. The minimum atomic E-state index is -1.01. The van der Waals surface area contributed by atoms with Crippen LogP contribution in [0.25, 0.3) is 0 Å². The van der Waals surface area contributed by atoms with Gasteiger partial charge in [0, 0.05) is 6.04 Å². The maximum atomic E-state index is 11.5. The molecule has 0 aliphatic heterocycles. The molecule has 0 radical (unpaired) electrons. The lowest BCUT2D eigenvalue weighted by atomic mass is 10.2. The summed E-state index contributed by atoms with van der Waals surface area (Å²) in [6.07, 6.45) is 4.66. The smallest absolute Gasteiger partial charge is 0.326 e. The van der Waals surface area contributed by atoms with E-state index in [9.17, 15) is 9.59 Å². The van der Waals surface area contributed by atoms with E-state index in [0.717, 1.165) is 0 Å². The summed E-state index contributed by atoms with van der Waals surface area (Å²) in [5.74, 6) is -0.315. The van der Waals surface area contributed by atoms with Gasteiger partial charge in [-0.3, -0.25) is 0 Å². The first-order valence-corrected chi connectivity index (χ1v) is 6.80. The largest absolute Gasteiger partial charge is 0.480 e. The van der Waals surface area contributed by atoms with Crippen molar-refractivity contribution in [2.24, 2.45) is 0 Å². The molecule has 6 heteroatoms. The Morgan fingerprint density at radius 1 is 1.47 bits per heavy atom. The van der Waals surface area contributed by atoms with Crippen LogP contribution in [0, 0.1) is 0 Å². The molecule has 5 nitrogen and oxygen atoms in total. The van der Waals surface area contributed by atoms with Crippen LogP contribution in [0.5, 0.6) is 0 Å². The number of rotatable bonds is 8. The van der Waals surface area contributed by atoms with Crippen LogP contribution in [0.4, 0.5) is 4.79 Å². The van der Waals surface area contributed by atoms with E-state index in [2.05, 4.69) is 17.2 Å². The van der Waals surface area contributed by atoms with Crippen molar-refractivity contribution in [2.45, 2.75) is 31.8 Å². The fourth-order valence-electron chi connectivity index (χ4n) is 1.23. The van der Waals surface area contributed by atoms with E-state index in [0.29, 0.717) is 18.6 Å². The SMILES string of the molecule is C=CCC(C)NC(=O)N[C@@H](CCSC)C(=O)O. The summed E-state index contributed by atoms with van der Waals surface area (Å²) in [5.41, 5.74) is 0. The predicted octanol–water partition coefficient (Wildman–Crippen LogP) is 1.46. The van der Waals surface area contributed by atoms with Gasteiger partial charge in [-0.25, -0.2) is 9.59 Å². The Bertz CT molecular complexity index is 271. The molecular formula is C11H20N2O3S. The fraction of sp³-hybridized carbons (Fsp3) is 0.636. The summed E-state index contributed by atoms with van der Waals surface area (Å²) in [6.45, 7) is 5.40. The molecule has 0 aliphatic carbocycles. The van der Waals surface area contributed by atoms with Gasteiger partial charge in [0.15, 0.2) is 0 Å². The lowest BCUT2D eigenvalue weighted by Gasteiger charge is -2.17. The van der Waals surface area contributed by atoms with E-state index in [1.807, 2.05) is 13.2 Å². The highest BCUT2D eigenvalue weighted by Gasteiger charge is 2.19. The van der Waals surface area contributed by atoms with Gasteiger partial charge in [-0.1, -0.05) is 6.08 Å². The van der Waals surface area contributed by atoms with Crippen molar-refractivity contribution in [3.63, 3.8) is 0 Å². The van der Waals surface area contributed by atoms with Crippen LogP contribution in [0.1, 0.15) is 19.8 Å². The summed E-state index contributed by atoms with van der Waals surface area (Å²) in [7, 11) is 0. The van der Waals surface area contributed by atoms with Crippen LogP contribution in [-0.4, -0.2) is 41.2 Å². The van der Waals surface area contributed by atoms with E-state index in [-0.39, 0.29) is 6.04 Å². The Morgan fingerprint density at radius 2 is 2.12 bits per heavy atom. The number of thioether (sulfide) groups is 1. The highest BCUT2D eigenvalue weighted by Crippen LogP contribution is 2.01. The van der Waals surface area contributed by atoms with Crippen molar-refractivity contribution in [1.29, 1.82) is 0 Å². The third-order valence-corrected chi connectivity index (χ3v) is 2.76. The Kier molecular flexibility index (Phi) is 8.31. The minimum absolute atomic E-state index is 0.0532. The molecule has 2 atom stereocenters. The summed E-state index contributed by atoms with van der Waals surface area (Å²) in [4.78, 5) is 22.4. The number of hydrogen-bond donors (Lipinski definition) is 3. The molecule has 2 amide bonds. The number of amides is 2. The van der Waals surface area contributed by atoms with Crippen LogP contribution >= 0.6 is 11.8 Å². The molecule has 0 saturated carbocycles. The Morgan fingerprint density at radius 3 is 2.59 bits per heavy atom. The molecule has 0 aromatic heterocycles. The molecule has 3 N–H and O–H groups in total. The number of carbonyl (C=O) groups excluding carboxylic acids is 1. The molecule has 17 heavy (non-hydrogen) atoms. The van der Waals surface area contributed by atoms with Gasteiger partial charge in [0.25, 0.3) is 0 Å². The molecule has 0 rings (SSSR count). The predicted molar refractivity (Wildman–Crippen MR) is 70.4 cm³/mol. The van der Waals surface area contributed by atoms with Crippen molar-refractivity contribution in [3.8, 4) is 0 Å². The van der Waals surface area contributed by atoms with Gasteiger partial charge in [0.1, 0.15) is 6.04 Å². The molecule has 0 fully saturated rings. The monoisotopic (exact) mass is 260 g/mol. The number of aliphatic carboxylic acids is 1. The molecule has 0 aliphatic rings. The molecule has 0 aromatic carbocycles. The van der Waals surface area contributed by atoms with Crippen LogP contribution in [-0.2, 0) is 4.79 Å². The normalized spacial score (nSPS) is 13.5. The van der Waals surface area contributed by atoms with Gasteiger partial charge in [0.2, 0.25) is 0 Å². The van der Waals surface area contributed by atoms with Gasteiger partial charge in [0.05, 0.1) is 0 Å². The number of carbonyl (C=O) groups is 2. The standard InChI is InChI=1S/C11H20N2O3S/c1-4-5-8(2)12-11(16)13-9(10(14)15)6-7-17-3/h4,8-9H,1,5-7H2,2-3H3,(H,14,15)(H2,12,13,16)/t8?,9-/m0/s1. The highest BCUT2D eigenvalue weighted by atomic mass is 32.2. The van der Waals surface area contributed by atoms with E-state index in [4.69, 9.17) is 5.11 Å². The van der Waals surface area contributed by atoms with Crippen molar-refractivity contribution in [2.75, 3.05) is 12.0 Å². The molecule has 0 spiro atoms. The van der Waals surface area contributed by atoms with Gasteiger partial charge in [-0.15, -0.1) is 6.58 Å². The maximum Gasteiger partial charge on any atom is 0.326 e. The van der Waals surface area contributed by atoms with Crippen LogP contribution in [0.3, 0.4) is 0 Å². The van der Waals surface area contributed by atoms with Crippen molar-refractivity contribution < 1.29 is 14.7 Å². The van der Waals surface area contributed by atoms with Gasteiger partial charge in [-0.2, -0.15) is 11.8 Å². The Hall–Kier alpha value is -1.17. The molecule has 0 aromatic rings. The van der Waals surface area contributed by atoms with E-state index >= 15 is 0 Å². The van der Waals surface area contributed by atoms with Gasteiger partial charge in [-0.05, 0) is 31.8 Å². The Balaban J connectivity index is 4.11. The number of carboxylic acids is 1. The average Bonchev–Trinajstić information content (AvgIpc) is 2.23. The molecular weight excluding hydrogens is 240 g/mol. The van der Waals surface area contributed by atoms with Crippen molar-refractivity contribution in [1.82, 2.24) is 10.6 Å². The molecule has 0 bridgehead atoms. The summed E-state index contributed by atoms with van der Waals surface area (Å²) < 4.78 is 0. The first-order valence-electron chi connectivity index (χ1n) is 5.41. The van der Waals surface area contributed by atoms with Crippen LogP contribution in [0.15, 0.2) is 12.7 Å². The van der Waals surface area contributed by atoms with Crippen LogP contribution in [0.2, 0.25) is 0 Å². The van der Waals surface area contributed by atoms with E-state index < -0.39 is 18.0 Å². The number of nitrogens with one attached hydrogen (secondary N) is 2. The summed E-state index contributed by atoms with van der Waals surface area (Å²) in [6, 6.07) is -1.34. The fourth-order valence-corrected chi connectivity index (χ4v) is 1.70. The second-order valence-electron chi connectivity index (χ2n) is 3.72. The Labute approximate surface area is 106 Å². The first kappa shape index (κ1) is 15.8. The lowest BCUT2D eigenvalue weighted by molar-refractivity contribution is -0.139. The van der Waals surface area contributed by atoms with Crippen molar-refractivity contribution >= 4 is 23.8 Å².